The number of benzene rings is 2. The maximum atomic E-state index is 5.47. The first-order chi connectivity index (χ1) is 13.0. The lowest BCUT2D eigenvalue weighted by atomic mass is 10.1. The van der Waals surface area contributed by atoms with E-state index in [2.05, 4.69) is 89.7 Å². The van der Waals surface area contributed by atoms with Gasteiger partial charge in [0, 0.05) is 50.1 Å². The van der Waals surface area contributed by atoms with E-state index in [0.717, 1.165) is 38.4 Å². The third kappa shape index (κ3) is 5.44. The highest BCUT2D eigenvalue weighted by Crippen LogP contribution is 2.17. The molecule has 5 heteroatoms. The van der Waals surface area contributed by atoms with Crippen LogP contribution in [0.15, 0.2) is 48.5 Å². The highest BCUT2D eigenvalue weighted by atomic mass is 32.1. The van der Waals surface area contributed by atoms with Gasteiger partial charge >= 0.3 is 0 Å². The van der Waals surface area contributed by atoms with Crippen LogP contribution >= 0.6 is 12.2 Å². The van der Waals surface area contributed by atoms with Gasteiger partial charge in [-0.05, 0) is 68.4 Å². The Morgan fingerprint density at radius 2 is 1.70 bits per heavy atom. The fraction of sp³-hybridized carbons (Fsp3) is 0.409. The lowest BCUT2D eigenvalue weighted by Crippen LogP contribution is -2.52. The van der Waals surface area contributed by atoms with Crippen molar-refractivity contribution in [2.45, 2.75) is 26.8 Å². The van der Waals surface area contributed by atoms with E-state index in [1.165, 1.54) is 16.8 Å². The van der Waals surface area contributed by atoms with E-state index in [0.29, 0.717) is 11.2 Å². The molecule has 1 fully saturated rings. The standard InChI is InChI=1S/C22H30N4S/c1-17-9-10-20(15-18(17)2)24-22(27)23-16-19(3)25-11-13-26(14-12-25)21-7-5-4-6-8-21/h4-10,15,19H,11-14,16H2,1-3H3,(H2,23,24,27). The molecule has 1 aliphatic rings. The molecule has 2 N–H and O–H groups in total. The lowest BCUT2D eigenvalue weighted by molar-refractivity contribution is 0.198. The summed E-state index contributed by atoms with van der Waals surface area (Å²) in [5, 5.41) is 7.35. The van der Waals surface area contributed by atoms with E-state index in [1.54, 1.807) is 0 Å². The molecule has 27 heavy (non-hydrogen) atoms. The highest BCUT2D eigenvalue weighted by molar-refractivity contribution is 7.80. The van der Waals surface area contributed by atoms with Crippen molar-refractivity contribution in [2.24, 2.45) is 0 Å². The molecular formula is C22H30N4S. The highest BCUT2D eigenvalue weighted by Gasteiger charge is 2.21. The zero-order valence-corrected chi connectivity index (χ0v) is 17.4. The van der Waals surface area contributed by atoms with Gasteiger partial charge in [-0.1, -0.05) is 24.3 Å². The minimum Gasteiger partial charge on any atom is -0.369 e. The summed E-state index contributed by atoms with van der Waals surface area (Å²) >= 11 is 5.47. The largest absolute Gasteiger partial charge is 0.369 e. The monoisotopic (exact) mass is 382 g/mol. The summed E-state index contributed by atoms with van der Waals surface area (Å²) in [4.78, 5) is 4.99. The first kappa shape index (κ1) is 19.6. The van der Waals surface area contributed by atoms with E-state index in [1.807, 2.05) is 0 Å². The molecule has 1 unspecified atom stereocenters. The Kier molecular flexibility index (Phi) is 6.69. The van der Waals surface area contributed by atoms with E-state index < -0.39 is 0 Å². The van der Waals surface area contributed by atoms with Gasteiger partial charge in [-0.2, -0.15) is 0 Å². The normalized spacial score (nSPS) is 16.0. The fourth-order valence-electron chi connectivity index (χ4n) is 3.42. The Balaban J connectivity index is 1.42. The topological polar surface area (TPSA) is 30.5 Å². The molecule has 144 valence electrons. The maximum absolute atomic E-state index is 5.47. The van der Waals surface area contributed by atoms with E-state index >= 15 is 0 Å². The van der Waals surface area contributed by atoms with Crippen molar-refractivity contribution in [3.05, 3.63) is 59.7 Å². The van der Waals surface area contributed by atoms with E-state index in [-0.39, 0.29) is 0 Å². The Hall–Kier alpha value is -2.11. The molecule has 1 atom stereocenters. The summed E-state index contributed by atoms with van der Waals surface area (Å²) < 4.78 is 0. The van der Waals surface area contributed by atoms with Crippen LogP contribution < -0.4 is 15.5 Å². The average molecular weight is 383 g/mol. The zero-order chi connectivity index (χ0) is 19.2. The summed E-state index contributed by atoms with van der Waals surface area (Å²) in [6.07, 6.45) is 0. The second-order valence-corrected chi connectivity index (χ2v) is 7.75. The van der Waals surface area contributed by atoms with Crippen molar-refractivity contribution in [3.63, 3.8) is 0 Å². The molecule has 1 saturated heterocycles. The molecule has 4 nitrogen and oxygen atoms in total. The van der Waals surface area contributed by atoms with Gasteiger partial charge in [0.05, 0.1) is 0 Å². The van der Waals surface area contributed by atoms with Crippen molar-refractivity contribution in [3.8, 4) is 0 Å². The van der Waals surface area contributed by atoms with Gasteiger partial charge in [0.1, 0.15) is 0 Å². The molecule has 1 heterocycles. The van der Waals surface area contributed by atoms with E-state index in [9.17, 15) is 0 Å². The van der Waals surface area contributed by atoms with Crippen molar-refractivity contribution in [1.82, 2.24) is 10.2 Å². The lowest BCUT2D eigenvalue weighted by Gasteiger charge is -2.39. The van der Waals surface area contributed by atoms with E-state index in [4.69, 9.17) is 12.2 Å². The van der Waals surface area contributed by atoms with Crippen LogP contribution in [0.3, 0.4) is 0 Å². The van der Waals surface area contributed by atoms with Crippen LogP contribution in [-0.4, -0.2) is 48.8 Å². The average Bonchev–Trinajstić information content (AvgIpc) is 2.70. The van der Waals surface area contributed by atoms with Gasteiger partial charge < -0.3 is 15.5 Å². The maximum Gasteiger partial charge on any atom is 0.170 e. The van der Waals surface area contributed by atoms with Gasteiger partial charge in [-0.3, -0.25) is 4.90 Å². The number of piperazine rings is 1. The predicted octanol–water partition coefficient (Wildman–Crippen LogP) is 3.80. The molecule has 0 saturated carbocycles. The Bertz CT molecular complexity index is 754. The summed E-state index contributed by atoms with van der Waals surface area (Å²) in [5.41, 5.74) is 4.93. The number of nitrogens with one attached hydrogen (secondary N) is 2. The van der Waals surface area contributed by atoms with Crippen molar-refractivity contribution >= 4 is 28.7 Å². The summed E-state index contributed by atoms with van der Waals surface area (Å²) in [7, 11) is 0. The first-order valence-electron chi connectivity index (χ1n) is 9.69. The molecule has 3 rings (SSSR count). The number of para-hydroxylation sites is 1. The molecule has 0 radical (unpaired) electrons. The Labute approximate surface area is 168 Å². The van der Waals surface area contributed by atoms with Crippen molar-refractivity contribution in [1.29, 1.82) is 0 Å². The minimum absolute atomic E-state index is 0.447. The van der Waals surface area contributed by atoms with Crippen LogP contribution in [0.5, 0.6) is 0 Å². The number of nitrogens with zero attached hydrogens (tertiary/aromatic N) is 2. The van der Waals surface area contributed by atoms with Crippen LogP contribution in [0.1, 0.15) is 18.1 Å². The van der Waals surface area contributed by atoms with Gasteiger partial charge in [0.15, 0.2) is 5.11 Å². The van der Waals surface area contributed by atoms with Gasteiger partial charge in [-0.25, -0.2) is 0 Å². The minimum atomic E-state index is 0.447. The van der Waals surface area contributed by atoms with Crippen molar-refractivity contribution in [2.75, 3.05) is 42.9 Å². The van der Waals surface area contributed by atoms with Crippen LogP contribution in [-0.2, 0) is 0 Å². The summed E-state index contributed by atoms with van der Waals surface area (Å²) in [5.74, 6) is 0. The first-order valence-corrected chi connectivity index (χ1v) is 10.1. The number of hydrogen-bond acceptors (Lipinski definition) is 3. The Morgan fingerprint density at radius 1 is 1.00 bits per heavy atom. The quantitative estimate of drug-likeness (QED) is 0.768. The molecule has 0 amide bonds. The summed E-state index contributed by atoms with van der Waals surface area (Å²) in [6, 6.07) is 17.4. The molecule has 0 spiro atoms. The van der Waals surface area contributed by atoms with Crippen LogP contribution in [0.25, 0.3) is 0 Å². The number of aryl methyl sites for hydroxylation is 2. The third-order valence-corrected chi connectivity index (χ3v) is 5.63. The van der Waals surface area contributed by atoms with Crippen LogP contribution in [0.4, 0.5) is 11.4 Å². The smallest absolute Gasteiger partial charge is 0.170 e. The van der Waals surface area contributed by atoms with Gasteiger partial charge in [0.2, 0.25) is 0 Å². The molecule has 0 aromatic heterocycles. The SMILES string of the molecule is Cc1ccc(NC(=S)NCC(C)N2CCN(c3ccccc3)CC2)cc1C. The second kappa shape index (κ2) is 9.20. The number of anilines is 2. The van der Waals surface area contributed by atoms with Crippen LogP contribution in [0.2, 0.25) is 0 Å². The zero-order valence-electron chi connectivity index (χ0n) is 16.5. The molecule has 0 aliphatic carbocycles. The summed E-state index contributed by atoms with van der Waals surface area (Å²) in [6.45, 7) is 11.7. The molecule has 0 bridgehead atoms. The second-order valence-electron chi connectivity index (χ2n) is 7.34. The molecule has 1 aliphatic heterocycles. The number of rotatable bonds is 5. The fourth-order valence-corrected chi connectivity index (χ4v) is 3.62. The van der Waals surface area contributed by atoms with Crippen LogP contribution in [0, 0.1) is 13.8 Å². The van der Waals surface area contributed by atoms with Gasteiger partial charge in [-0.15, -0.1) is 0 Å². The van der Waals surface area contributed by atoms with Crippen molar-refractivity contribution < 1.29 is 0 Å². The Morgan fingerprint density at radius 3 is 2.37 bits per heavy atom. The predicted molar refractivity (Wildman–Crippen MR) is 120 cm³/mol. The molecule has 2 aromatic rings. The molecular weight excluding hydrogens is 352 g/mol. The third-order valence-electron chi connectivity index (χ3n) is 5.38. The number of hydrogen-bond donors (Lipinski definition) is 2. The number of thiocarbonyl (C=S) groups is 1. The van der Waals surface area contributed by atoms with Gasteiger partial charge in [0.25, 0.3) is 0 Å². The molecule has 2 aromatic carbocycles.